The number of carbonyl (C=O) groups is 2. The van der Waals surface area contributed by atoms with Crippen molar-refractivity contribution in [2.45, 2.75) is 6.23 Å². The number of nitrogens with zero attached hydrogens (tertiary/aromatic N) is 1. The van der Waals surface area contributed by atoms with Gasteiger partial charge in [-0.2, -0.15) is 0 Å². The molecule has 0 bridgehead atoms. The van der Waals surface area contributed by atoms with Crippen LogP contribution in [0, 0.1) is 0 Å². The number of hydrogen-bond donors (Lipinski definition) is 0. The molecule has 0 saturated carbocycles. The van der Waals surface area contributed by atoms with Gasteiger partial charge < -0.3 is 4.74 Å². The van der Waals surface area contributed by atoms with Gasteiger partial charge in [-0.15, -0.1) is 0 Å². The Morgan fingerprint density at radius 2 is 1.47 bits per heavy atom. The van der Waals surface area contributed by atoms with Crippen molar-refractivity contribution in [2.75, 3.05) is 0 Å². The lowest BCUT2D eigenvalue weighted by Crippen LogP contribution is -2.40. The number of fused-ring (bicyclic) bond motifs is 4. The normalized spacial score (nSPS) is 19.6. The molecule has 4 heteroatoms. The average molecular weight is 251 g/mol. The number of rotatable bonds is 0. The summed E-state index contributed by atoms with van der Waals surface area (Å²) in [5.41, 5.74) is 1.71. The Kier molecular flexibility index (Phi) is 1.87. The van der Waals surface area contributed by atoms with Crippen molar-refractivity contribution in [3.05, 3.63) is 65.2 Å². The number of para-hydroxylation sites is 1. The number of benzene rings is 2. The molecule has 0 saturated heterocycles. The van der Waals surface area contributed by atoms with Crippen molar-refractivity contribution in [1.29, 1.82) is 0 Å². The van der Waals surface area contributed by atoms with E-state index in [1.54, 1.807) is 30.3 Å². The molecule has 0 radical (unpaired) electrons. The molecular formula is C15H9NO3. The highest BCUT2D eigenvalue weighted by atomic mass is 16.5. The van der Waals surface area contributed by atoms with Crippen LogP contribution in [0.15, 0.2) is 48.5 Å². The molecule has 2 aliphatic heterocycles. The van der Waals surface area contributed by atoms with Crippen molar-refractivity contribution in [3.63, 3.8) is 0 Å². The van der Waals surface area contributed by atoms with Crippen molar-refractivity contribution in [2.24, 2.45) is 0 Å². The Morgan fingerprint density at radius 1 is 0.842 bits per heavy atom. The number of amides is 2. The van der Waals surface area contributed by atoms with Crippen molar-refractivity contribution < 1.29 is 14.3 Å². The van der Waals surface area contributed by atoms with Crippen LogP contribution in [-0.4, -0.2) is 16.7 Å². The van der Waals surface area contributed by atoms with E-state index in [1.165, 1.54) is 4.90 Å². The molecule has 92 valence electrons. The van der Waals surface area contributed by atoms with Gasteiger partial charge in [0.2, 0.25) is 6.23 Å². The summed E-state index contributed by atoms with van der Waals surface area (Å²) in [6.07, 6.45) is -0.633. The van der Waals surface area contributed by atoms with Gasteiger partial charge >= 0.3 is 0 Å². The SMILES string of the molecule is O=C1c2ccccc2O[C@H]2c3ccccc3C(=O)N12. The van der Waals surface area contributed by atoms with Gasteiger partial charge in [0.05, 0.1) is 5.56 Å². The minimum absolute atomic E-state index is 0.292. The zero-order valence-corrected chi connectivity index (χ0v) is 9.87. The van der Waals surface area contributed by atoms with Crippen LogP contribution >= 0.6 is 0 Å². The Morgan fingerprint density at radius 3 is 2.32 bits per heavy atom. The summed E-state index contributed by atoms with van der Waals surface area (Å²) in [5, 5.41) is 0. The standard InChI is InChI=1S/C15H9NO3/c17-13-9-5-1-2-6-10(9)15-16(13)14(18)11-7-3-4-8-12(11)19-15/h1-8,15H/t15-/m0/s1. The summed E-state index contributed by atoms with van der Waals surface area (Å²) < 4.78 is 5.81. The molecule has 19 heavy (non-hydrogen) atoms. The van der Waals surface area contributed by atoms with Gasteiger partial charge in [-0.1, -0.05) is 30.3 Å². The molecule has 4 rings (SSSR count). The molecule has 4 nitrogen and oxygen atoms in total. The molecule has 2 aliphatic rings. The first-order valence-electron chi connectivity index (χ1n) is 6.00. The molecular weight excluding hydrogens is 242 g/mol. The van der Waals surface area contributed by atoms with E-state index < -0.39 is 6.23 Å². The first kappa shape index (κ1) is 10.3. The predicted octanol–water partition coefficient (Wildman–Crippen LogP) is 2.37. The van der Waals surface area contributed by atoms with E-state index in [0.29, 0.717) is 16.9 Å². The fourth-order valence-electron chi connectivity index (χ4n) is 2.59. The second-order valence-electron chi connectivity index (χ2n) is 4.53. The molecule has 0 spiro atoms. The molecule has 0 unspecified atom stereocenters. The third-order valence-electron chi connectivity index (χ3n) is 3.49. The van der Waals surface area contributed by atoms with Crippen LogP contribution in [0.1, 0.15) is 32.5 Å². The second kappa shape index (κ2) is 3.45. The second-order valence-corrected chi connectivity index (χ2v) is 4.53. The van der Waals surface area contributed by atoms with Crippen molar-refractivity contribution in [1.82, 2.24) is 4.90 Å². The van der Waals surface area contributed by atoms with Crippen LogP contribution < -0.4 is 4.74 Å². The molecule has 0 aromatic heterocycles. The van der Waals surface area contributed by atoms with Crippen molar-refractivity contribution in [3.8, 4) is 5.75 Å². The lowest BCUT2D eigenvalue weighted by molar-refractivity contribution is 0.0184. The Hall–Kier alpha value is -2.62. The van der Waals surface area contributed by atoms with Crippen LogP contribution in [0.25, 0.3) is 0 Å². The maximum Gasteiger partial charge on any atom is 0.267 e. The van der Waals surface area contributed by atoms with Gasteiger partial charge in [-0.3, -0.25) is 9.59 Å². The van der Waals surface area contributed by atoms with E-state index in [-0.39, 0.29) is 11.8 Å². The quantitative estimate of drug-likeness (QED) is 0.675. The number of ether oxygens (including phenoxy) is 1. The molecule has 1 atom stereocenters. The summed E-state index contributed by atoms with van der Waals surface area (Å²) in [6.45, 7) is 0. The zero-order chi connectivity index (χ0) is 13.0. The minimum atomic E-state index is -0.633. The van der Waals surface area contributed by atoms with Crippen molar-refractivity contribution >= 4 is 11.8 Å². The van der Waals surface area contributed by atoms with Crippen LogP contribution in [0.4, 0.5) is 0 Å². The van der Waals surface area contributed by atoms with Crippen LogP contribution in [-0.2, 0) is 0 Å². The van der Waals surface area contributed by atoms with E-state index >= 15 is 0 Å². The summed E-state index contributed by atoms with van der Waals surface area (Å²) >= 11 is 0. The number of hydrogen-bond acceptors (Lipinski definition) is 3. The maximum absolute atomic E-state index is 12.4. The third kappa shape index (κ3) is 1.23. The summed E-state index contributed by atoms with van der Waals surface area (Å²) in [6, 6.07) is 14.1. The molecule has 2 amide bonds. The lowest BCUT2D eigenvalue weighted by atomic mass is 10.1. The Bertz CT molecular complexity index is 717. The van der Waals surface area contributed by atoms with Crippen LogP contribution in [0.5, 0.6) is 5.75 Å². The van der Waals surface area contributed by atoms with Gasteiger partial charge in [0.1, 0.15) is 5.75 Å². The van der Waals surface area contributed by atoms with Crippen LogP contribution in [0.3, 0.4) is 0 Å². The van der Waals surface area contributed by atoms with Gasteiger partial charge in [-0.05, 0) is 18.2 Å². The Labute approximate surface area is 109 Å². The van der Waals surface area contributed by atoms with Gasteiger partial charge in [0, 0.05) is 11.1 Å². The van der Waals surface area contributed by atoms with Crippen LogP contribution in [0.2, 0.25) is 0 Å². The molecule has 2 heterocycles. The fraction of sp³-hybridized carbons (Fsp3) is 0.0667. The zero-order valence-electron chi connectivity index (χ0n) is 9.87. The minimum Gasteiger partial charge on any atom is -0.465 e. The first-order chi connectivity index (χ1) is 9.27. The van der Waals surface area contributed by atoms with Gasteiger partial charge in [0.15, 0.2) is 0 Å². The van der Waals surface area contributed by atoms with Gasteiger partial charge in [-0.25, -0.2) is 4.90 Å². The number of imide groups is 1. The fourth-order valence-corrected chi connectivity index (χ4v) is 2.59. The molecule has 0 fully saturated rings. The smallest absolute Gasteiger partial charge is 0.267 e. The monoisotopic (exact) mass is 251 g/mol. The molecule has 2 aromatic carbocycles. The summed E-state index contributed by atoms with van der Waals surface area (Å²) in [5.74, 6) is -0.0635. The van der Waals surface area contributed by atoms with E-state index in [0.717, 1.165) is 5.56 Å². The Balaban J connectivity index is 1.93. The van der Waals surface area contributed by atoms with E-state index in [2.05, 4.69) is 0 Å². The highest BCUT2D eigenvalue weighted by molar-refractivity contribution is 6.14. The summed E-state index contributed by atoms with van der Waals surface area (Å²) in [7, 11) is 0. The highest BCUT2D eigenvalue weighted by Gasteiger charge is 2.46. The molecule has 2 aromatic rings. The average Bonchev–Trinajstić information content (AvgIpc) is 2.74. The molecule has 0 aliphatic carbocycles. The van der Waals surface area contributed by atoms with Gasteiger partial charge in [0.25, 0.3) is 11.8 Å². The highest BCUT2D eigenvalue weighted by Crippen LogP contribution is 2.41. The largest absolute Gasteiger partial charge is 0.465 e. The topological polar surface area (TPSA) is 46.6 Å². The predicted molar refractivity (Wildman–Crippen MR) is 66.8 cm³/mol. The van der Waals surface area contributed by atoms with E-state index in [4.69, 9.17) is 4.74 Å². The summed E-state index contributed by atoms with van der Waals surface area (Å²) in [4.78, 5) is 25.9. The third-order valence-corrected chi connectivity index (χ3v) is 3.49. The van der Waals surface area contributed by atoms with E-state index in [1.807, 2.05) is 18.2 Å². The molecule has 0 N–H and O–H groups in total. The van der Waals surface area contributed by atoms with E-state index in [9.17, 15) is 9.59 Å². The first-order valence-corrected chi connectivity index (χ1v) is 6.00. The number of carbonyl (C=O) groups excluding carboxylic acids is 2. The maximum atomic E-state index is 12.4. The lowest BCUT2D eigenvalue weighted by Gasteiger charge is -2.30.